The number of carboxylic acid groups (broad SMARTS) is 1. The van der Waals surface area contributed by atoms with Gasteiger partial charge in [0.05, 0.1) is 6.04 Å². The lowest BCUT2D eigenvalue weighted by Crippen LogP contribution is -2.57. The summed E-state index contributed by atoms with van der Waals surface area (Å²) in [7, 11) is 0. The molecule has 0 fully saturated rings. The molecule has 14 heteroatoms. The Morgan fingerprint density at radius 1 is 0.872 bits per heavy atom. The Bertz CT molecular complexity index is 1010. The molecule has 0 aliphatic heterocycles. The SMILES string of the molecule is CC(C)C(NC(=O)C(CCCN=C(N)N)NC(=O)C(CCC(N)=O)NC(=O)C(N)Cc1ccccc1)C(=O)O. The van der Waals surface area contributed by atoms with E-state index in [1.54, 1.807) is 38.1 Å². The van der Waals surface area contributed by atoms with E-state index in [0.29, 0.717) is 0 Å². The second-order valence-corrected chi connectivity index (χ2v) is 9.44. The molecule has 0 spiro atoms. The van der Waals surface area contributed by atoms with Gasteiger partial charge >= 0.3 is 5.97 Å². The van der Waals surface area contributed by atoms with E-state index in [9.17, 15) is 29.1 Å². The summed E-state index contributed by atoms with van der Waals surface area (Å²) in [5.74, 6) is -4.65. The smallest absolute Gasteiger partial charge is 0.326 e. The molecule has 0 aliphatic rings. The van der Waals surface area contributed by atoms with Crippen molar-refractivity contribution in [2.45, 2.75) is 70.1 Å². The van der Waals surface area contributed by atoms with E-state index in [-0.39, 0.29) is 44.6 Å². The molecule has 1 aromatic carbocycles. The quantitative estimate of drug-likeness (QED) is 0.0611. The normalized spacial score (nSPS) is 13.8. The molecule has 4 atom stereocenters. The molecule has 0 bridgehead atoms. The number of nitrogens with two attached hydrogens (primary N) is 4. The minimum atomic E-state index is -1.24. The van der Waals surface area contributed by atoms with Crippen molar-refractivity contribution in [2.24, 2.45) is 33.8 Å². The fraction of sp³-hybridized carbons (Fsp3) is 0.520. The molecule has 0 heterocycles. The number of carbonyl (C=O) groups is 5. The standard InChI is InChI=1S/C25H40N8O6/c1-14(2)20(24(38)39)33-23(37)17(9-6-12-30-25(28)29)32-22(36)18(10-11-19(27)34)31-21(35)16(26)13-15-7-4-3-5-8-15/h3-5,7-8,14,16-18,20H,6,9-13,26H2,1-2H3,(H2,27,34)(H,31,35)(H,32,36)(H,33,37)(H,38,39)(H4,28,29,30). The Kier molecular flexibility index (Phi) is 14.0. The third-order valence-electron chi connectivity index (χ3n) is 5.76. The number of aliphatic imine (C=N–C) groups is 1. The van der Waals surface area contributed by atoms with E-state index >= 15 is 0 Å². The zero-order valence-corrected chi connectivity index (χ0v) is 22.3. The number of hydrogen-bond acceptors (Lipinski definition) is 7. The molecule has 39 heavy (non-hydrogen) atoms. The third-order valence-corrected chi connectivity index (χ3v) is 5.76. The van der Waals surface area contributed by atoms with E-state index in [4.69, 9.17) is 22.9 Å². The van der Waals surface area contributed by atoms with Crippen LogP contribution in [-0.2, 0) is 30.4 Å². The van der Waals surface area contributed by atoms with Crippen LogP contribution < -0.4 is 38.9 Å². The lowest BCUT2D eigenvalue weighted by Gasteiger charge is -2.26. The van der Waals surface area contributed by atoms with E-state index in [1.165, 1.54) is 0 Å². The molecule has 4 unspecified atom stereocenters. The zero-order chi connectivity index (χ0) is 29.5. The van der Waals surface area contributed by atoms with Crippen molar-refractivity contribution in [3.05, 3.63) is 35.9 Å². The molecule has 0 saturated carbocycles. The van der Waals surface area contributed by atoms with Gasteiger partial charge in [0.25, 0.3) is 0 Å². The number of nitrogens with one attached hydrogen (secondary N) is 3. The largest absolute Gasteiger partial charge is 0.480 e. The van der Waals surface area contributed by atoms with Gasteiger partial charge in [-0.15, -0.1) is 0 Å². The first-order chi connectivity index (χ1) is 18.3. The second kappa shape index (κ2) is 16.6. The number of carboxylic acids is 1. The van der Waals surface area contributed by atoms with Crippen molar-refractivity contribution in [3.8, 4) is 0 Å². The summed E-state index contributed by atoms with van der Waals surface area (Å²) in [4.78, 5) is 65.8. The highest BCUT2D eigenvalue weighted by molar-refractivity contribution is 5.94. The number of benzene rings is 1. The topological polar surface area (TPSA) is 258 Å². The average Bonchev–Trinajstić information content (AvgIpc) is 2.86. The van der Waals surface area contributed by atoms with Crippen LogP contribution in [0.2, 0.25) is 0 Å². The second-order valence-electron chi connectivity index (χ2n) is 9.44. The fourth-order valence-electron chi connectivity index (χ4n) is 3.61. The highest BCUT2D eigenvalue weighted by Crippen LogP contribution is 2.08. The maximum Gasteiger partial charge on any atom is 0.326 e. The van der Waals surface area contributed by atoms with Gasteiger partial charge in [-0.3, -0.25) is 24.2 Å². The summed E-state index contributed by atoms with van der Waals surface area (Å²) in [5.41, 5.74) is 22.7. The predicted molar refractivity (Wildman–Crippen MR) is 145 cm³/mol. The van der Waals surface area contributed by atoms with E-state index in [2.05, 4.69) is 20.9 Å². The number of rotatable bonds is 17. The van der Waals surface area contributed by atoms with Crippen LogP contribution in [0.15, 0.2) is 35.3 Å². The molecule has 216 valence electrons. The number of primary amides is 1. The summed E-state index contributed by atoms with van der Waals surface area (Å²) in [6.45, 7) is 3.41. The number of carbonyl (C=O) groups excluding carboxylic acids is 4. The Labute approximate surface area is 227 Å². The van der Waals surface area contributed by atoms with Gasteiger partial charge in [-0.25, -0.2) is 4.79 Å². The Hall–Kier alpha value is -4.20. The summed E-state index contributed by atoms with van der Waals surface area (Å²) in [6.07, 6.45) is 0.177. The first-order valence-corrected chi connectivity index (χ1v) is 12.6. The maximum absolute atomic E-state index is 13.2. The summed E-state index contributed by atoms with van der Waals surface area (Å²) >= 11 is 0. The molecular formula is C25H40N8O6. The highest BCUT2D eigenvalue weighted by atomic mass is 16.4. The van der Waals surface area contributed by atoms with E-state index in [1.807, 2.05) is 6.07 Å². The minimum Gasteiger partial charge on any atom is -0.480 e. The number of amides is 4. The van der Waals surface area contributed by atoms with Gasteiger partial charge in [-0.2, -0.15) is 0 Å². The summed E-state index contributed by atoms with van der Waals surface area (Å²) < 4.78 is 0. The van der Waals surface area contributed by atoms with Crippen molar-refractivity contribution in [2.75, 3.05) is 6.54 Å². The van der Waals surface area contributed by atoms with Crippen molar-refractivity contribution >= 4 is 35.6 Å². The van der Waals surface area contributed by atoms with E-state index in [0.717, 1.165) is 5.56 Å². The molecule has 12 N–H and O–H groups in total. The fourth-order valence-corrected chi connectivity index (χ4v) is 3.61. The molecule has 0 aromatic heterocycles. The number of hydrogen-bond donors (Lipinski definition) is 8. The summed E-state index contributed by atoms with van der Waals surface area (Å²) in [6, 6.07) is 4.43. The zero-order valence-electron chi connectivity index (χ0n) is 22.3. The lowest BCUT2D eigenvalue weighted by molar-refractivity contribution is -0.143. The molecule has 1 aromatic rings. The molecular weight excluding hydrogens is 508 g/mol. The molecule has 0 aliphatic carbocycles. The van der Waals surface area contributed by atoms with Crippen LogP contribution in [0.5, 0.6) is 0 Å². The van der Waals surface area contributed by atoms with Crippen LogP contribution in [0, 0.1) is 5.92 Å². The van der Waals surface area contributed by atoms with Crippen molar-refractivity contribution in [1.82, 2.24) is 16.0 Å². The van der Waals surface area contributed by atoms with Crippen molar-refractivity contribution in [3.63, 3.8) is 0 Å². The maximum atomic E-state index is 13.2. The molecule has 4 amide bonds. The first kappa shape index (κ1) is 32.8. The first-order valence-electron chi connectivity index (χ1n) is 12.6. The number of guanidine groups is 1. The monoisotopic (exact) mass is 548 g/mol. The summed E-state index contributed by atoms with van der Waals surface area (Å²) in [5, 5.41) is 16.9. The predicted octanol–water partition coefficient (Wildman–Crippen LogP) is -1.93. The van der Waals surface area contributed by atoms with Gasteiger partial charge in [0.2, 0.25) is 23.6 Å². The van der Waals surface area contributed by atoms with Gasteiger partial charge in [-0.05, 0) is 37.2 Å². The number of aliphatic carboxylic acids is 1. The van der Waals surface area contributed by atoms with Gasteiger partial charge in [-0.1, -0.05) is 44.2 Å². The lowest BCUT2D eigenvalue weighted by atomic mass is 10.0. The van der Waals surface area contributed by atoms with Gasteiger partial charge in [0, 0.05) is 13.0 Å². The molecule has 0 radical (unpaired) electrons. The van der Waals surface area contributed by atoms with Crippen LogP contribution in [0.1, 0.15) is 45.1 Å². The van der Waals surface area contributed by atoms with Crippen molar-refractivity contribution < 1.29 is 29.1 Å². The van der Waals surface area contributed by atoms with Crippen LogP contribution in [0.4, 0.5) is 0 Å². The van der Waals surface area contributed by atoms with Gasteiger partial charge in [0.15, 0.2) is 5.96 Å². The van der Waals surface area contributed by atoms with Gasteiger partial charge < -0.3 is 44.0 Å². The van der Waals surface area contributed by atoms with Crippen LogP contribution in [0.3, 0.4) is 0 Å². The average molecular weight is 549 g/mol. The van der Waals surface area contributed by atoms with Crippen LogP contribution in [-0.4, -0.2) is 71.4 Å². The Balaban J connectivity index is 3.05. The van der Waals surface area contributed by atoms with Crippen LogP contribution in [0.25, 0.3) is 0 Å². The molecule has 1 rings (SSSR count). The Morgan fingerprint density at radius 3 is 1.97 bits per heavy atom. The van der Waals surface area contributed by atoms with E-state index < -0.39 is 59.7 Å². The molecule has 0 saturated heterocycles. The Morgan fingerprint density at radius 2 is 1.44 bits per heavy atom. The third kappa shape index (κ3) is 12.7. The molecule has 14 nitrogen and oxygen atoms in total. The van der Waals surface area contributed by atoms with Gasteiger partial charge in [0.1, 0.15) is 18.1 Å². The number of nitrogens with zero attached hydrogens (tertiary/aromatic N) is 1. The van der Waals surface area contributed by atoms with Crippen LogP contribution >= 0.6 is 0 Å². The highest BCUT2D eigenvalue weighted by Gasteiger charge is 2.31. The van der Waals surface area contributed by atoms with Crippen molar-refractivity contribution in [1.29, 1.82) is 0 Å². The minimum absolute atomic E-state index is 0.0583.